The van der Waals surface area contributed by atoms with Gasteiger partial charge in [-0.15, -0.1) is 0 Å². The summed E-state index contributed by atoms with van der Waals surface area (Å²) in [5.41, 5.74) is 1.52. The van der Waals surface area contributed by atoms with Gasteiger partial charge in [-0.05, 0) is 18.2 Å². The smallest absolute Gasteiger partial charge is 0.291 e. The van der Waals surface area contributed by atoms with Gasteiger partial charge in [0.25, 0.3) is 5.70 Å². The highest BCUT2D eigenvalue weighted by molar-refractivity contribution is 9.10. The van der Waals surface area contributed by atoms with Gasteiger partial charge in [0.2, 0.25) is 6.10 Å². The summed E-state index contributed by atoms with van der Waals surface area (Å²) in [5.74, 6) is 0.646. The van der Waals surface area contributed by atoms with Crippen molar-refractivity contribution in [3.05, 3.63) is 79.9 Å². The van der Waals surface area contributed by atoms with Gasteiger partial charge in [0.05, 0.1) is 4.92 Å². The van der Waals surface area contributed by atoms with Crippen molar-refractivity contribution in [2.24, 2.45) is 0 Å². The number of nitrogens with zero attached hydrogens (tertiary/aromatic N) is 1. The lowest BCUT2D eigenvalue weighted by Gasteiger charge is -2.22. The minimum Gasteiger partial charge on any atom is -0.474 e. The lowest BCUT2D eigenvalue weighted by atomic mass is 10.0. The highest BCUT2D eigenvalue weighted by atomic mass is 79.9. The van der Waals surface area contributed by atoms with Gasteiger partial charge in [-0.25, -0.2) is 0 Å². The molecule has 2 aromatic rings. The Morgan fingerprint density at radius 3 is 2.60 bits per heavy atom. The molecule has 0 aromatic heterocycles. The lowest BCUT2D eigenvalue weighted by Crippen LogP contribution is -2.19. The highest BCUT2D eigenvalue weighted by Gasteiger charge is 2.32. The third-order valence-electron chi connectivity index (χ3n) is 3.10. The summed E-state index contributed by atoms with van der Waals surface area (Å²) in [6.07, 6.45) is 0.890. The fourth-order valence-corrected chi connectivity index (χ4v) is 2.56. The van der Waals surface area contributed by atoms with Crippen LogP contribution in [0, 0.1) is 10.1 Å². The van der Waals surface area contributed by atoms with Crippen molar-refractivity contribution < 1.29 is 9.66 Å². The van der Waals surface area contributed by atoms with E-state index in [1.165, 1.54) is 0 Å². The number of benzene rings is 2. The van der Waals surface area contributed by atoms with Crippen LogP contribution in [-0.2, 0) is 0 Å². The van der Waals surface area contributed by atoms with E-state index in [2.05, 4.69) is 15.9 Å². The van der Waals surface area contributed by atoms with E-state index in [0.29, 0.717) is 11.3 Å². The van der Waals surface area contributed by atoms with Crippen molar-refractivity contribution in [2.45, 2.75) is 6.10 Å². The van der Waals surface area contributed by atoms with Gasteiger partial charge in [0, 0.05) is 21.7 Å². The van der Waals surface area contributed by atoms with Crippen molar-refractivity contribution >= 4 is 22.0 Å². The molecule has 0 bridgehead atoms. The van der Waals surface area contributed by atoms with E-state index < -0.39 is 6.10 Å². The zero-order chi connectivity index (χ0) is 14.1. The molecule has 100 valence electrons. The van der Waals surface area contributed by atoms with Gasteiger partial charge in [-0.3, -0.25) is 10.1 Å². The van der Waals surface area contributed by atoms with Crippen LogP contribution < -0.4 is 4.74 Å². The van der Waals surface area contributed by atoms with Crippen molar-refractivity contribution in [2.75, 3.05) is 0 Å². The van der Waals surface area contributed by atoms with Crippen molar-refractivity contribution in [3.8, 4) is 5.75 Å². The van der Waals surface area contributed by atoms with Crippen LogP contribution in [0.1, 0.15) is 17.2 Å². The van der Waals surface area contributed by atoms with Crippen molar-refractivity contribution in [3.63, 3.8) is 0 Å². The van der Waals surface area contributed by atoms with Crippen LogP contribution in [-0.4, -0.2) is 4.92 Å². The van der Waals surface area contributed by atoms with E-state index in [-0.39, 0.29) is 10.6 Å². The number of rotatable bonds is 2. The molecule has 1 atom stereocenters. The van der Waals surface area contributed by atoms with Crippen LogP contribution in [0.4, 0.5) is 0 Å². The molecule has 0 saturated heterocycles. The first-order valence-electron chi connectivity index (χ1n) is 6.02. The van der Waals surface area contributed by atoms with E-state index in [4.69, 9.17) is 4.74 Å². The molecule has 4 nitrogen and oxygen atoms in total. The van der Waals surface area contributed by atoms with Crippen LogP contribution >= 0.6 is 15.9 Å². The first-order valence-corrected chi connectivity index (χ1v) is 6.81. The minimum absolute atomic E-state index is 0.0433. The van der Waals surface area contributed by atoms with Gasteiger partial charge in [0.15, 0.2) is 0 Å². The number of halogens is 1. The third-order valence-corrected chi connectivity index (χ3v) is 3.60. The van der Waals surface area contributed by atoms with E-state index in [1.807, 2.05) is 42.5 Å². The third kappa shape index (κ3) is 2.32. The largest absolute Gasteiger partial charge is 0.474 e. The first-order chi connectivity index (χ1) is 9.65. The Morgan fingerprint density at radius 1 is 1.15 bits per heavy atom. The number of hydrogen-bond donors (Lipinski definition) is 0. The monoisotopic (exact) mass is 331 g/mol. The summed E-state index contributed by atoms with van der Waals surface area (Å²) in [7, 11) is 0. The Bertz CT molecular complexity index is 698. The van der Waals surface area contributed by atoms with Crippen LogP contribution in [0.2, 0.25) is 0 Å². The second-order valence-electron chi connectivity index (χ2n) is 4.42. The fourth-order valence-electron chi connectivity index (χ4n) is 2.18. The first kappa shape index (κ1) is 12.9. The summed E-state index contributed by atoms with van der Waals surface area (Å²) < 4.78 is 6.67. The summed E-state index contributed by atoms with van der Waals surface area (Å²) in [6.45, 7) is 0. The molecule has 0 N–H and O–H groups in total. The van der Waals surface area contributed by atoms with E-state index in [1.54, 1.807) is 12.1 Å². The summed E-state index contributed by atoms with van der Waals surface area (Å²) in [6, 6.07) is 14.7. The number of nitro groups is 1. The quantitative estimate of drug-likeness (QED) is 0.612. The molecule has 0 aliphatic carbocycles. The Labute approximate surface area is 124 Å². The Kier molecular flexibility index (Phi) is 3.28. The van der Waals surface area contributed by atoms with Crippen LogP contribution in [0.15, 0.2) is 58.7 Å². The summed E-state index contributed by atoms with van der Waals surface area (Å²) in [5, 5.41) is 11.3. The van der Waals surface area contributed by atoms with Gasteiger partial charge in [-0.2, -0.15) is 0 Å². The van der Waals surface area contributed by atoms with Gasteiger partial charge in [-0.1, -0.05) is 46.3 Å². The molecular weight excluding hydrogens is 322 g/mol. The standard InChI is InChI=1S/C15H10BrNO3/c16-12-6-7-14-11(8-12)9-13(17(18)19)15(20-14)10-4-2-1-3-5-10/h1-9,15H. The maximum absolute atomic E-state index is 11.3. The number of hydrogen-bond acceptors (Lipinski definition) is 3. The normalized spacial score (nSPS) is 16.9. The molecule has 0 amide bonds. The lowest BCUT2D eigenvalue weighted by molar-refractivity contribution is -0.434. The molecule has 1 heterocycles. The topological polar surface area (TPSA) is 52.4 Å². The second-order valence-corrected chi connectivity index (χ2v) is 5.33. The fraction of sp³-hybridized carbons (Fsp3) is 0.0667. The summed E-state index contributed by atoms with van der Waals surface area (Å²) in [4.78, 5) is 10.9. The van der Waals surface area contributed by atoms with Crippen molar-refractivity contribution in [1.82, 2.24) is 0 Å². The molecule has 20 heavy (non-hydrogen) atoms. The Balaban J connectivity index is 2.10. The van der Waals surface area contributed by atoms with Crippen molar-refractivity contribution in [1.29, 1.82) is 0 Å². The molecule has 3 rings (SSSR count). The molecule has 0 spiro atoms. The zero-order valence-corrected chi connectivity index (χ0v) is 11.9. The molecule has 0 fully saturated rings. The maximum atomic E-state index is 11.3. The second kappa shape index (κ2) is 5.09. The minimum atomic E-state index is -0.681. The average molecular weight is 332 g/mol. The predicted octanol–water partition coefficient (Wildman–Crippen LogP) is 4.20. The van der Waals surface area contributed by atoms with Gasteiger partial charge >= 0.3 is 0 Å². The molecule has 2 aromatic carbocycles. The molecule has 0 saturated carbocycles. The molecule has 1 unspecified atom stereocenters. The maximum Gasteiger partial charge on any atom is 0.291 e. The Morgan fingerprint density at radius 2 is 1.90 bits per heavy atom. The SMILES string of the molecule is O=[N+]([O-])C1=Cc2cc(Br)ccc2OC1c1ccccc1. The average Bonchev–Trinajstić information content (AvgIpc) is 2.46. The van der Waals surface area contributed by atoms with Gasteiger partial charge in [0.1, 0.15) is 5.75 Å². The zero-order valence-electron chi connectivity index (χ0n) is 10.3. The van der Waals surface area contributed by atoms with Crippen LogP contribution in [0.3, 0.4) is 0 Å². The molecule has 5 heteroatoms. The van der Waals surface area contributed by atoms with E-state index in [9.17, 15) is 10.1 Å². The molecule has 1 aliphatic rings. The van der Waals surface area contributed by atoms with Crippen LogP contribution in [0.25, 0.3) is 6.08 Å². The van der Waals surface area contributed by atoms with E-state index in [0.717, 1.165) is 10.0 Å². The van der Waals surface area contributed by atoms with Crippen LogP contribution in [0.5, 0.6) is 5.75 Å². The molecule has 1 aliphatic heterocycles. The highest BCUT2D eigenvalue weighted by Crippen LogP contribution is 2.38. The molecule has 0 radical (unpaired) electrons. The predicted molar refractivity (Wildman–Crippen MR) is 78.9 cm³/mol. The molecular formula is C15H10BrNO3. The van der Waals surface area contributed by atoms with Gasteiger partial charge < -0.3 is 4.74 Å². The number of fused-ring (bicyclic) bond motifs is 1. The summed E-state index contributed by atoms with van der Waals surface area (Å²) >= 11 is 3.35. The number of ether oxygens (including phenoxy) is 1. The Hall–Kier alpha value is -2.14. The van der Waals surface area contributed by atoms with E-state index >= 15 is 0 Å².